The average molecular weight is 552 g/mol. The number of hydrogen-bond acceptors (Lipinski definition) is 4. The molecule has 6 nitrogen and oxygen atoms in total. The Hall–Kier alpha value is -3.64. The van der Waals surface area contributed by atoms with E-state index in [0.717, 1.165) is 20.3 Å². The molecule has 0 aliphatic rings. The van der Waals surface area contributed by atoms with E-state index in [-0.39, 0.29) is 17.7 Å². The fourth-order valence-corrected chi connectivity index (χ4v) is 3.66. The number of ether oxygens (including phenoxy) is 1. The molecule has 0 saturated heterocycles. The van der Waals surface area contributed by atoms with E-state index in [4.69, 9.17) is 9.84 Å². The lowest BCUT2D eigenvalue weighted by Gasteiger charge is -2.10. The number of amides is 1. The number of nitriles is 1. The summed E-state index contributed by atoms with van der Waals surface area (Å²) >= 11 is 2.13. The number of aromatic carboxylic acids is 1. The highest BCUT2D eigenvalue weighted by Gasteiger charge is 2.11. The molecule has 0 aromatic heterocycles. The zero-order valence-electron chi connectivity index (χ0n) is 18.1. The van der Waals surface area contributed by atoms with Gasteiger partial charge in [-0.25, -0.2) is 4.79 Å². The molecule has 7 heteroatoms. The lowest BCUT2D eigenvalue weighted by atomic mass is 10.1. The van der Waals surface area contributed by atoms with Crippen molar-refractivity contribution >= 4 is 46.2 Å². The second-order valence-electron chi connectivity index (χ2n) is 7.40. The second-order valence-corrected chi connectivity index (χ2v) is 8.57. The third-order valence-electron chi connectivity index (χ3n) is 4.99. The highest BCUT2D eigenvalue weighted by Crippen LogP contribution is 2.25. The Balaban J connectivity index is 1.69. The first kappa shape index (κ1) is 24.0. The Kier molecular flexibility index (Phi) is 7.85. The Morgan fingerprint density at radius 2 is 1.79 bits per heavy atom. The first-order valence-corrected chi connectivity index (χ1v) is 11.1. The van der Waals surface area contributed by atoms with Crippen LogP contribution in [0.15, 0.2) is 66.2 Å². The summed E-state index contributed by atoms with van der Waals surface area (Å²) in [6.07, 6.45) is 1.53. The van der Waals surface area contributed by atoms with E-state index in [1.54, 1.807) is 30.3 Å². The molecule has 3 aromatic rings. The molecule has 0 aliphatic heterocycles. The van der Waals surface area contributed by atoms with E-state index >= 15 is 0 Å². The Labute approximate surface area is 205 Å². The number of nitrogens with one attached hydrogen (secondary N) is 1. The molecule has 2 N–H and O–H groups in total. The first-order chi connectivity index (χ1) is 15.8. The van der Waals surface area contributed by atoms with Gasteiger partial charge in [0, 0.05) is 5.69 Å². The Bertz CT molecular complexity index is 1270. The van der Waals surface area contributed by atoms with Crippen LogP contribution in [-0.4, -0.2) is 17.0 Å². The van der Waals surface area contributed by atoms with Crippen molar-refractivity contribution in [3.8, 4) is 11.8 Å². The summed E-state index contributed by atoms with van der Waals surface area (Å²) in [6.45, 7) is 4.24. The third-order valence-corrected chi connectivity index (χ3v) is 5.84. The van der Waals surface area contributed by atoms with Gasteiger partial charge in [0.25, 0.3) is 5.91 Å². The van der Waals surface area contributed by atoms with Crippen LogP contribution in [0.5, 0.6) is 5.75 Å². The maximum atomic E-state index is 12.6. The van der Waals surface area contributed by atoms with Crippen LogP contribution in [0.25, 0.3) is 6.08 Å². The number of nitrogens with zero attached hydrogens (tertiary/aromatic N) is 1. The van der Waals surface area contributed by atoms with Crippen LogP contribution in [0.2, 0.25) is 0 Å². The van der Waals surface area contributed by atoms with Crippen LogP contribution in [0.3, 0.4) is 0 Å². The molecule has 0 aliphatic carbocycles. The highest BCUT2D eigenvalue weighted by atomic mass is 127. The van der Waals surface area contributed by atoms with Gasteiger partial charge in [0.15, 0.2) is 0 Å². The first-order valence-electron chi connectivity index (χ1n) is 10.0. The number of hydrogen-bond donors (Lipinski definition) is 2. The smallest absolute Gasteiger partial charge is 0.335 e. The monoisotopic (exact) mass is 552 g/mol. The SMILES string of the molecule is Cc1ccc(NC(=O)/C(C#N)=C\c2ccc(OCc3ccc(C(=O)O)cc3)c(I)c2)cc1C. The fourth-order valence-electron chi connectivity index (χ4n) is 2.96. The molecule has 0 bridgehead atoms. The number of carbonyl (C=O) groups is 2. The summed E-state index contributed by atoms with van der Waals surface area (Å²) in [5, 5.41) is 21.2. The van der Waals surface area contributed by atoms with E-state index in [9.17, 15) is 14.9 Å². The lowest BCUT2D eigenvalue weighted by molar-refractivity contribution is -0.112. The van der Waals surface area contributed by atoms with Gasteiger partial charge in [0.05, 0.1) is 9.13 Å². The highest BCUT2D eigenvalue weighted by molar-refractivity contribution is 14.1. The summed E-state index contributed by atoms with van der Waals surface area (Å²) in [6, 6.07) is 19.4. The van der Waals surface area contributed by atoms with E-state index in [1.165, 1.54) is 18.2 Å². The van der Waals surface area contributed by atoms with Crippen molar-refractivity contribution in [2.45, 2.75) is 20.5 Å². The molecule has 3 aromatic carbocycles. The zero-order valence-corrected chi connectivity index (χ0v) is 20.2. The van der Waals surface area contributed by atoms with E-state index in [0.29, 0.717) is 17.0 Å². The number of carbonyl (C=O) groups excluding carboxylic acids is 1. The van der Waals surface area contributed by atoms with Crippen molar-refractivity contribution < 1.29 is 19.4 Å². The number of carboxylic acid groups (broad SMARTS) is 1. The molecule has 0 saturated carbocycles. The molecule has 0 fully saturated rings. The third kappa shape index (κ3) is 6.43. The van der Waals surface area contributed by atoms with Crippen molar-refractivity contribution in [1.29, 1.82) is 5.26 Å². The predicted octanol–water partition coefficient (Wildman–Crippen LogP) is 5.73. The number of rotatable bonds is 7. The van der Waals surface area contributed by atoms with Crippen LogP contribution in [0.1, 0.15) is 32.6 Å². The summed E-state index contributed by atoms with van der Waals surface area (Å²) in [5.41, 5.74) is 4.57. The molecule has 1 amide bonds. The van der Waals surface area contributed by atoms with E-state index in [1.807, 2.05) is 38.1 Å². The Morgan fingerprint density at radius 3 is 2.39 bits per heavy atom. The minimum absolute atomic E-state index is 0.00350. The van der Waals surface area contributed by atoms with E-state index in [2.05, 4.69) is 27.9 Å². The van der Waals surface area contributed by atoms with Gasteiger partial charge in [-0.3, -0.25) is 4.79 Å². The largest absolute Gasteiger partial charge is 0.488 e. The number of anilines is 1. The molecule has 166 valence electrons. The van der Waals surface area contributed by atoms with Crippen molar-refractivity contribution in [2.24, 2.45) is 0 Å². The molecule has 0 heterocycles. The zero-order chi connectivity index (χ0) is 24.0. The molecule has 0 radical (unpaired) electrons. The standard InChI is InChI=1S/C26H21IN2O4/c1-16-3-9-22(11-17(16)2)29-25(30)21(14-28)12-19-6-10-24(23(27)13-19)33-15-18-4-7-20(8-5-18)26(31)32/h3-13H,15H2,1-2H3,(H,29,30)(H,31,32)/b21-12-. The molecule has 0 unspecified atom stereocenters. The molecule has 0 spiro atoms. The number of halogens is 1. The number of carboxylic acids is 1. The minimum Gasteiger partial charge on any atom is -0.488 e. The molecular weight excluding hydrogens is 531 g/mol. The average Bonchev–Trinajstić information content (AvgIpc) is 2.79. The number of benzene rings is 3. The van der Waals surface area contributed by atoms with Gasteiger partial charge in [0.1, 0.15) is 24.0 Å². The normalized spacial score (nSPS) is 10.9. The van der Waals surface area contributed by atoms with Crippen molar-refractivity contribution in [3.05, 3.63) is 97.6 Å². The number of aryl methyl sites for hydroxylation is 2. The molecule has 0 atom stereocenters. The van der Waals surface area contributed by atoms with Gasteiger partial charge in [-0.2, -0.15) is 5.26 Å². The minimum atomic E-state index is -0.972. The predicted molar refractivity (Wildman–Crippen MR) is 135 cm³/mol. The lowest BCUT2D eigenvalue weighted by Crippen LogP contribution is -2.13. The van der Waals surface area contributed by atoms with Gasteiger partial charge < -0.3 is 15.2 Å². The van der Waals surface area contributed by atoms with Gasteiger partial charge in [0.2, 0.25) is 0 Å². The van der Waals surface area contributed by atoms with Gasteiger partial charge in [-0.05, 0) is 101 Å². The van der Waals surface area contributed by atoms with Gasteiger partial charge >= 0.3 is 5.97 Å². The summed E-state index contributed by atoms with van der Waals surface area (Å²) in [5.74, 6) is -0.797. The van der Waals surface area contributed by atoms with Crippen LogP contribution in [0.4, 0.5) is 5.69 Å². The fraction of sp³-hybridized carbons (Fsp3) is 0.115. The van der Waals surface area contributed by atoms with E-state index < -0.39 is 11.9 Å². The van der Waals surface area contributed by atoms with Gasteiger partial charge in [-0.15, -0.1) is 0 Å². The maximum Gasteiger partial charge on any atom is 0.335 e. The second kappa shape index (κ2) is 10.8. The molecule has 33 heavy (non-hydrogen) atoms. The van der Waals surface area contributed by atoms with Crippen LogP contribution in [-0.2, 0) is 11.4 Å². The van der Waals surface area contributed by atoms with Crippen molar-refractivity contribution in [2.75, 3.05) is 5.32 Å². The molecular formula is C26H21IN2O4. The summed E-state index contributed by atoms with van der Waals surface area (Å²) < 4.78 is 6.65. The van der Waals surface area contributed by atoms with Crippen molar-refractivity contribution in [3.63, 3.8) is 0 Å². The van der Waals surface area contributed by atoms with Crippen molar-refractivity contribution in [1.82, 2.24) is 0 Å². The molecule has 3 rings (SSSR count). The quantitative estimate of drug-likeness (QED) is 0.222. The van der Waals surface area contributed by atoms with Crippen LogP contribution >= 0.6 is 22.6 Å². The topological polar surface area (TPSA) is 99.4 Å². The Morgan fingerprint density at radius 1 is 1.06 bits per heavy atom. The maximum absolute atomic E-state index is 12.6. The van der Waals surface area contributed by atoms with Gasteiger partial charge in [-0.1, -0.05) is 24.3 Å². The van der Waals surface area contributed by atoms with Crippen LogP contribution in [0, 0.1) is 28.7 Å². The summed E-state index contributed by atoms with van der Waals surface area (Å²) in [7, 11) is 0. The summed E-state index contributed by atoms with van der Waals surface area (Å²) in [4.78, 5) is 23.5. The van der Waals surface area contributed by atoms with Crippen LogP contribution < -0.4 is 10.1 Å².